The third-order valence-electron chi connectivity index (χ3n) is 7.87. The predicted molar refractivity (Wildman–Crippen MR) is 150 cm³/mol. The summed E-state index contributed by atoms with van der Waals surface area (Å²) in [5.74, 6) is -1.10. The molecule has 202 valence electrons. The van der Waals surface area contributed by atoms with Gasteiger partial charge in [0, 0.05) is 19.6 Å². The maximum Gasteiger partial charge on any atom is 0.329 e. The van der Waals surface area contributed by atoms with Crippen LogP contribution in [0.3, 0.4) is 0 Å². The lowest BCUT2D eigenvalue weighted by molar-refractivity contribution is -0.145. The highest BCUT2D eigenvalue weighted by Crippen LogP contribution is 2.38. The Labute approximate surface area is 229 Å². The first-order valence-corrected chi connectivity index (χ1v) is 13.5. The number of piperazine rings is 1. The van der Waals surface area contributed by atoms with Gasteiger partial charge in [0.1, 0.15) is 0 Å². The topological polar surface area (TPSA) is 84.4 Å². The van der Waals surface area contributed by atoms with Crippen molar-refractivity contribution in [1.82, 2.24) is 14.7 Å². The van der Waals surface area contributed by atoms with Gasteiger partial charge in [-0.05, 0) is 62.1 Å². The molecule has 2 saturated heterocycles. The molecule has 4 amide bonds. The van der Waals surface area contributed by atoms with E-state index in [9.17, 15) is 19.5 Å². The Hall–Kier alpha value is -4.33. The predicted octanol–water partition coefficient (Wildman–Crippen LogP) is 5.50. The van der Waals surface area contributed by atoms with Gasteiger partial charge in [-0.1, -0.05) is 60.7 Å². The summed E-state index contributed by atoms with van der Waals surface area (Å²) in [6, 6.07) is 23.9. The number of urea groups is 2. The van der Waals surface area contributed by atoms with Crippen LogP contribution in [0.4, 0.5) is 21.0 Å². The van der Waals surface area contributed by atoms with Gasteiger partial charge in [0.05, 0.1) is 23.5 Å². The first-order chi connectivity index (χ1) is 18.9. The lowest BCUT2D eigenvalue weighted by atomic mass is 10.0. The molecular formula is C31H34N4O4. The van der Waals surface area contributed by atoms with E-state index in [0.717, 1.165) is 11.1 Å². The molecule has 8 heteroatoms. The van der Waals surface area contributed by atoms with E-state index in [2.05, 4.69) is 0 Å². The summed E-state index contributed by atoms with van der Waals surface area (Å²) in [5.41, 5.74) is 3.47. The molecule has 3 aromatic rings. The van der Waals surface area contributed by atoms with Gasteiger partial charge in [-0.15, -0.1) is 0 Å². The molecular weight excluding hydrogens is 492 g/mol. The molecule has 5 rings (SSSR count). The first kappa shape index (κ1) is 26.3. The highest BCUT2D eigenvalue weighted by Gasteiger charge is 2.54. The smallest absolute Gasteiger partial charge is 0.329 e. The molecule has 2 fully saturated rings. The second kappa shape index (κ2) is 11.2. The number of benzene rings is 3. The Morgan fingerprint density at radius 3 is 2.00 bits per heavy atom. The molecule has 1 N–H and O–H groups in total. The highest BCUT2D eigenvalue weighted by molar-refractivity contribution is 6.01. The van der Waals surface area contributed by atoms with Crippen molar-refractivity contribution in [2.24, 2.45) is 0 Å². The molecule has 8 nitrogen and oxygen atoms in total. The van der Waals surface area contributed by atoms with Crippen molar-refractivity contribution in [2.45, 2.75) is 51.4 Å². The monoisotopic (exact) mass is 526 g/mol. The minimum atomic E-state index is -1.15. The van der Waals surface area contributed by atoms with Gasteiger partial charge in [0.15, 0.2) is 6.04 Å². The zero-order valence-electron chi connectivity index (χ0n) is 22.3. The van der Waals surface area contributed by atoms with Crippen molar-refractivity contribution in [3.8, 4) is 0 Å². The number of anilines is 2. The first-order valence-electron chi connectivity index (χ1n) is 13.5. The molecule has 0 saturated carbocycles. The summed E-state index contributed by atoms with van der Waals surface area (Å²) in [4.78, 5) is 47.3. The van der Waals surface area contributed by atoms with Crippen LogP contribution in [0.25, 0.3) is 0 Å². The fraction of sp³-hybridized carbons (Fsp3) is 0.323. The third-order valence-corrected chi connectivity index (χ3v) is 7.87. The van der Waals surface area contributed by atoms with Crippen LogP contribution >= 0.6 is 0 Å². The van der Waals surface area contributed by atoms with E-state index in [4.69, 9.17) is 0 Å². The molecule has 3 aromatic carbocycles. The van der Waals surface area contributed by atoms with Crippen molar-refractivity contribution in [3.05, 3.63) is 96.1 Å². The number of fused-ring (bicyclic) bond motifs is 2. The number of para-hydroxylation sites is 2. The van der Waals surface area contributed by atoms with Crippen molar-refractivity contribution in [3.63, 3.8) is 0 Å². The number of hydrogen-bond donors (Lipinski definition) is 1. The molecule has 2 heterocycles. The van der Waals surface area contributed by atoms with Gasteiger partial charge < -0.3 is 19.8 Å². The number of rotatable bonds is 6. The van der Waals surface area contributed by atoms with E-state index >= 15 is 0 Å². The lowest BCUT2D eigenvalue weighted by Crippen LogP contribution is -2.67. The fourth-order valence-electron chi connectivity index (χ4n) is 5.87. The zero-order chi connectivity index (χ0) is 27.5. The summed E-state index contributed by atoms with van der Waals surface area (Å²) in [7, 11) is 0. The molecule has 0 aromatic heterocycles. The lowest BCUT2D eigenvalue weighted by Gasteiger charge is -2.47. The normalized spacial score (nSPS) is 20.0. The Kier molecular flexibility index (Phi) is 7.54. The van der Waals surface area contributed by atoms with E-state index in [1.54, 1.807) is 14.7 Å². The number of amides is 4. The summed E-state index contributed by atoms with van der Waals surface area (Å²) in [5, 5.41) is 10.4. The van der Waals surface area contributed by atoms with Crippen LogP contribution in [-0.4, -0.2) is 69.1 Å². The fourth-order valence-corrected chi connectivity index (χ4v) is 5.87. The number of carbonyl (C=O) groups excluding carboxylic acids is 2. The number of hydrogen-bond acceptors (Lipinski definition) is 3. The van der Waals surface area contributed by atoms with Gasteiger partial charge in [-0.3, -0.25) is 4.90 Å². The average Bonchev–Trinajstić information content (AvgIpc) is 3.25. The van der Waals surface area contributed by atoms with E-state index in [-0.39, 0.29) is 18.6 Å². The Morgan fingerprint density at radius 2 is 1.44 bits per heavy atom. The van der Waals surface area contributed by atoms with Crippen LogP contribution in [0.15, 0.2) is 84.9 Å². The maximum atomic E-state index is 14.2. The van der Waals surface area contributed by atoms with Gasteiger partial charge in [-0.25, -0.2) is 14.4 Å². The molecule has 39 heavy (non-hydrogen) atoms. The summed E-state index contributed by atoms with van der Waals surface area (Å²) < 4.78 is 0. The van der Waals surface area contributed by atoms with E-state index < -0.39 is 24.1 Å². The van der Waals surface area contributed by atoms with Crippen LogP contribution in [0, 0.1) is 6.92 Å². The van der Waals surface area contributed by atoms with Crippen molar-refractivity contribution in [2.75, 3.05) is 18.0 Å². The second-order valence-corrected chi connectivity index (χ2v) is 10.2. The van der Waals surface area contributed by atoms with E-state index in [0.29, 0.717) is 37.3 Å². The number of aliphatic carboxylic acids is 1. The van der Waals surface area contributed by atoms with Gasteiger partial charge in [0.25, 0.3) is 0 Å². The number of nitrogens with zero attached hydrogens (tertiary/aromatic N) is 4. The Morgan fingerprint density at radius 1 is 0.846 bits per heavy atom. The van der Waals surface area contributed by atoms with Crippen LogP contribution < -0.4 is 4.90 Å². The standard InChI is InChI=1S/C31H34N4O4/c1-3-32(20-23-13-11-10-12-22(23)2)30(38)35-26-18-19-27(35)28(29(36)37)33(21-26)31(39)34(24-14-6-4-7-15-24)25-16-8-5-9-17-25/h4-17,26-28H,3,18-21H2,1-2H3,(H,36,37)/t26-,27+,28-/m0/s1. The molecule has 0 unspecified atom stereocenters. The second-order valence-electron chi connectivity index (χ2n) is 10.2. The molecule has 0 aliphatic carbocycles. The van der Waals surface area contributed by atoms with Gasteiger partial charge >= 0.3 is 18.0 Å². The largest absolute Gasteiger partial charge is 0.480 e. The zero-order valence-corrected chi connectivity index (χ0v) is 22.3. The number of likely N-dealkylation sites (tertiary alicyclic amines) is 1. The summed E-state index contributed by atoms with van der Waals surface area (Å²) >= 11 is 0. The average molecular weight is 527 g/mol. The number of carboxylic acids is 1. The van der Waals surface area contributed by atoms with Gasteiger partial charge in [-0.2, -0.15) is 0 Å². The molecule has 3 atom stereocenters. The maximum absolute atomic E-state index is 14.2. The van der Waals surface area contributed by atoms with Crippen LogP contribution in [0.2, 0.25) is 0 Å². The van der Waals surface area contributed by atoms with Crippen LogP contribution in [-0.2, 0) is 11.3 Å². The van der Waals surface area contributed by atoms with Crippen LogP contribution in [0.1, 0.15) is 30.9 Å². The SMILES string of the molecule is CCN(Cc1ccccc1C)C(=O)N1[C@H]2CC[C@@H]1[C@@H](C(=O)O)N(C(=O)N(c1ccccc1)c1ccccc1)C2. The minimum Gasteiger partial charge on any atom is -0.480 e. The van der Waals surface area contributed by atoms with E-state index in [1.165, 1.54) is 4.90 Å². The summed E-state index contributed by atoms with van der Waals surface area (Å²) in [6.45, 7) is 5.07. The number of carboxylic acid groups (broad SMARTS) is 1. The molecule has 0 radical (unpaired) electrons. The Bertz CT molecular complexity index is 1290. The Balaban J connectivity index is 1.44. The molecule has 2 bridgehead atoms. The summed E-state index contributed by atoms with van der Waals surface area (Å²) in [6.07, 6.45) is 1.19. The van der Waals surface area contributed by atoms with Crippen molar-refractivity contribution < 1.29 is 19.5 Å². The molecule has 2 aliphatic rings. The third kappa shape index (κ3) is 5.06. The van der Waals surface area contributed by atoms with Crippen LogP contribution in [0.5, 0.6) is 0 Å². The highest BCUT2D eigenvalue weighted by atomic mass is 16.4. The van der Waals surface area contributed by atoms with Crippen molar-refractivity contribution in [1.29, 1.82) is 0 Å². The quantitative estimate of drug-likeness (QED) is 0.460. The van der Waals surface area contributed by atoms with Gasteiger partial charge in [0.2, 0.25) is 0 Å². The number of aryl methyl sites for hydroxylation is 1. The van der Waals surface area contributed by atoms with E-state index in [1.807, 2.05) is 98.8 Å². The molecule has 2 aliphatic heterocycles. The van der Waals surface area contributed by atoms with Crippen molar-refractivity contribution >= 4 is 29.4 Å². The minimum absolute atomic E-state index is 0.163. The number of carbonyl (C=O) groups is 3. The molecule has 0 spiro atoms.